The first-order valence-electron chi connectivity index (χ1n) is 5.99. The van der Waals surface area contributed by atoms with Crippen molar-refractivity contribution in [3.8, 4) is 0 Å². The van der Waals surface area contributed by atoms with E-state index in [0.717, 1.165) is 36.6 Å². The maximum Gasteiger partial charge on any atom is 0.376 e. The molecule has 0 amide bonds. The van der Waals surface area contributed by atoms with E-state index in [1.807, 2.05) is 0 Å². The number of carboxylic acids is 1. The smallest absolute Gasteiger partial charge is 0.376 e. The Bertz CT molecular complexity index is 891. The number of carboxylic acid groups (broad SMARTS) is 1. The number of benzene rings is 1. The summed E-state index contributed by atoms with van der Waals surface area (Å²) < 4.78 is 42.1. The van der Waals surface area contributed by atoms with Crippen LogP contribution < -0.4 is 0 Å². The lowest BCUT2D eigenvalue weighted by atomic mass is 10.2. The van der Waals surface area contributed by atoms with Crippen LogP contribution in [0.25, 0.3) is 5.76 Å². The fourth-order valence-corrected chi connectivity index (χ4v) is 2.77. The fraction of sp³-hybridized carbons (Fsp3) is 0. The van der Waals surface area contributed by atoms with E-state index >= 15 is 0 Å². The Morgan fingerprint density at radius 2 is 1.74 bits per heavy atom. The summed E-state index contributed by atoms with van der Waals surface area (Å²) in [6.07, 6.45) is 1.26. The van der Waals surface area contributed by atoms with E-state index in [-0.39, 0.29) is 10.5 Å². The average Bonchev–Trinajstić information content (AvgIpc) is 2.98. The normalized spacial score (nSPS) is 12.1. The average molecular weight is 340 g/mol. The van der Waals surface area contributed by atoms with Gasteiger partial charge in [0.1, 0.15) is 17.8 Å². The highest BCUT2D eigenvalue weighted by molar-refractivity contribution is 7.91. The van der Waals surface area contributed by atoms with Crippen molar-refractivity contribution < 1.29 is 37.0 Å². The number of hydrogen-bond donors (Lipinski definition) is 2. The van der Waals surface area contributed by atoms with Crippen LogP contribution in [-0.4, -0.2) is 30.4 Å². The van der Waals surface area contributed by atoms with Crippen molar-refractivity contribution in [1.82, 2.24) is 0 Å². The number of ketones is 1. The Labute approximate surface area is 129 Å². The summed E-state index contributed by atoms with van der Waals surface area (Å²) in [5.74, 6) is -4.54. The predicted molar refractivity (Wildman–Crippen MR) is 73.8 cm³/mol. The Morgan fingerprint density at radius 3 is 2.30 bits per heavy atom. The minimum atomic E-state index is -4.09. The molecule has 0 fully saturated rings. The van der Waals surface area contributed by atoms with Crippen LogP contribution >= 0.6 is 0 Å². The molecule has 2 aromatic rings. The molecular weight excluding hydrogens is 331 g/mol. The molecule has 1 heterocycles. The van der Waals surface area contributed by atoms with Gasteiger partial charge in [0.2, 0.25) is 14.9 Å². The molecule has 1 aromatic carbocycles. The molecule has 1 aromatic heterocycles. The molecule has 0 saturated carbocycles. The van der Waals surface area contributed by atoms with Crippen LogP contribution in [0.1, 0.15) is 5.56 Å². The molecule has 0 aliphatic carbocycles. The van der Waals surface area contributed by atoms with Gasteiger partial charge < -0.3 is 14.6 Å². The third-order valence-corrected chi connectivity index (χ3v) is 4.38. The van der Waals surface area contributed by atoms with Crippen LogP contribution in [-0.2, 0) is 19.4 Å². The highest BCUT2D eigenvalue weighted by Gasteiger charge is 2.23. The number of halogens is 1. The van der Waals surface area contributed by atoms with E-state index in [2.05, 4.69) is 0 Å². The molecule has 0 unspecified atom stereocenters. The van der Waals surface area contributed by atoms with Gasteiger partial charge in [0.05, 0.1) is 10.5 Å². The van der Waals surface area contributed by atoms with Crippen molar-refractivity contribution in [3.63, 3.8) is 0 Å². The maximum absolute atomic E-state index is 12.8. The van der Waals surface area contributed by atoms with Crippen molar-refractivity contribution >= 4 is 27.3 Å². The topological polar surface area (TPSA) is 122 Å². The van der Waals surface area contributed by atoms with Gasteiger partial charge in [-0.1, -0.05) is 0 Å². The molecule has 23 heavy (non-hydrogen) atoms. The number of aliphatic carboxylic acids is 1. The first-order valence-corrected chi connectivity index (χ1v) is 7.47. The molecule has 0 saturated heterocycles. The third kappa shape index (κ3) is 3.46. The molecule has 0 atom stereocenters. The molecule has 9 heteroatoms. The molecule has 0 bridgehead atoms. The zero-order chi connectivity index (χ0) is 17.2. The summed E-state index contributed by atoms with van der Waals surface area (Å²) >= 11 is 0. The fourth-order valence-electron chi connectivity index (χ4n) is 1.59. The van der Waals surface area contributed by atoms with Crippen LogP contribution in [0, 0.1) is 5.82 Å². The SMILES string of the molecule is O=C(O)C(=O)C=C(O)c1coc(S(=O)(=O)c2ccc(F)cc2)c1. The van der Waals surface area contributed by atoms with Gasteiger partial charge in [-0.15, -0.1) is 0 Å². The monoisotopic (exact) mass is 340 g/mol. The van der Waals surface area contributed by atoms with Gasteiger partial charge in [0.25, 0.3) is 5.78 Å². The second-order valence-electron chi connectivity index (χ2n) is 4.31. The number of aliphatic hydroxyl groups excluding tert-OH is 1. The van der Waals surface area contributed by atoms with Crippen LogP contribution in [0.4, 0.5) is 4.39 Å². The van der Waals surface area contributed by atoms with Gasteiger partial charge in [-0.25, -0.2) is 17.6 Å². The van der Waals surface area contributed by atoms with Gasteiger partial charge in [0.15, 0.2) is 0 Å². The summed E-state index contributed by atoms with van der Waals surface area (Å²) in [7, 11) is -4.09. The molecule has 120 valence electrons. The third-order valence-electron chi connectivity index (χ3n) is 2.74. The standard InChI is InChI=1S/C14H9FO7S/c15-9-1-3-10(4-2-9)23(20,21)13-5-8(7-22-13)11(16)6-12(17)14(18)19/h1-7,16H,(H,18,19). The number of furan rings is 1. The first kappa shape index (κ1) is 16.4. The summed E-state index contributed by atoms with van der Waals surface area (Å²) in [6, 6.07) is 4.91. The van der Waals surface area contributed by atoms with Gasteiger partial charge in [-0.05, 0) is 24.3 Å². The summed E-state index contributed by atoms with van der Waals surface area (Å²) in [4.78, 5) is 21.1. The lowest BCUT2D eigenvalue weighted by Crippen LogP contribution is -2.09. The molecule has 0 spiro atoms. The first-order chi connectivity index (χ1) is 10.7. The predicted octanol–water partition coefficient (Wildman–Crippen LogP) is 1.80. The summed E-state index contributed by atoms with van der Waals surface area (Å²) in [5, 5.41) is 17.5. The van der Waals surface area contributed by atoms with Gasteiger partial charge in [-0.3, -0.25) is 4.79 Å². The van der Waals surface area contributed by atoms with E-state index < -0.39 is 38.3 Å². The van der Waals surface area contributed by atoms with Crippen LogP contribution in [0.2, 0.25) is 0 Å². The Balaban J connectivity index is 2.37. The van der Waals surface area contributed by atoms with Crippen molar-refractivity contribution in [2.24, 2.45) is 0 Å². The molecule has 2 rings (SSSR count). The largest absolute Gasteiger partial charge is 0.507 e. The summed E-state index contributed by atoms with van der Waals surface area (Å²) in [5.41, 5.74) is -0.194. The number of rotatable bonds is 5. The second-order valence-corrected chi connectivity index (χ2v) is 6.19. The van der Waals surface area contributed by atoms with E-state index in [4.69, 9.17) is 9.52 Å². The number of sulfone groups is 1. The second kappa shape index (κ2) is 6.05. The number of aliphatic hydroxyl groups is 1. The Hall–Kier alpha value is -2.94. The lowest BCUT2D eigenvalue weighted by molar-refractivity contribution is -0.146. The van der Waals surface area contributed by atoms with E-state index in [9.17, 15) is 27.5 Å². The minimum absolute atomic E-state index is 0.194. The van der Waals surface area contributed by atoms with E-state index in [1.165, 1.54) is 0 Å². The number of carbonyl (C=O) groups is 2. The molecule has 0 aliphatic heterocycles. The number of hydrogen-bond acceptors (Lipinski definition) is 6. The number of carbonyl (C=O) groups excluding carboxylic acids is 1. The summed E-state index contributed by atoms with van der Waals surface area (Å²) in [6.45, 7) is 0. The van der Waals surface area contributed by atoms with Crippen molar-refractivity contribution in [3.05, 3.63) is 54.1 Å². The van der Waals surface area contributed by atoms with Gasteiger partial charge in [-0.2, -0.15) is 0 Å². The van der Waals surface area contributed by atoms with Crippen molar-refractivity contribution in [2.75, 3.05) is 0 Å². The molecule has 2 N–H and O–H groups in total. The van der Waals surface area contributed by atoms with Crippen LogP contribution in [0.3, 0.4) is 0 Å². The zero-order valence-corrected chi connectivity index (χ0v) is 12.1. The maximum atomic E-state index is 12.8. The van der Waals surface area contributed by atoms with E-state index in [0.29, 0.717) is 6.08 Å². The van der Waals surface area contributed by atoms with E-state index in [1.54, 1.807) is 0 Å². The lowest BCUT2D eigenvalue weighted by Gasteiger charge is -2.00. The van der Waals surface area contributed by atoms with Gasteiger partial charge in [0, 0.05) is 12.1 Å². The highest BCUT2D eigenvalue weighted by atomic mass is 32.2. The molecule has 7 nitrogen and oxygen atoms in total. The van der Waals surface area contributed by atoms with Crippen LogP contribution in [0.5, 0.6) is 0 Å². The highest BCUT2D eigenvalue weighted by Crippen LogP contribution is 2.25. The minimum Gasteiger partial charge on any atom is -0.507 e. The molecular formula is C14H9FO7S. The Kier molecular flexibility index (Phi) is 4.32. The quantitative estimate of drug-likeness (QED) is 0.368. The molecule has 0 aliphatic rings. The Morgan fingerprint density at radius 1 is 1.13 bits per heavy atom. The van der Waals surface area contributed by atoms with Gasteiger partial charge >= 0.3 is 5.97 Å². The molecule has 0 radical (unpaired) electrons. The van der Waals surface area contributed by atoms with Crippen molar-refractivity contribution in [1.29, 1.82) is 0 Å². The van der Waals surface area contributed by atoms with Crippen LogP contribution in [0.15, 0.2) is 57.1 Å². The van der Waals surface area contributed by atoms with Crippen molar-refractivity contribution in [2.45, 2.75) is 9.99 Å². The zero-order valence-electron chi connectivity index (χ0n) is 11.3.